The van der Waals surface area contributed by atoms with E-state index in [0.717, 1.165) is 5.69 Å². The number of thioether (sulfide) groups is 1. The monoisotopic (exact) mass is 357 g/mol. The largest absolute Gasteiger partial charge is 0.466 e. The van der Waals surface area contributed by atoms with Crippen molar-refractivity contribution in [1.82, 2.24) is 14.9 Å². The number of aliphatic hydroxyl groups is 1. The first-order valence-corrected chi connectivity index (χ1v) is 8.97. The van der Waals surface area contributed by atoms with Crippen molar-refractivity contribution in [2.75, 3.05) is 12.8 Å². The van der Waals surface area contributed by atoms with Gasteiger partial charge in [-0.05, 0) is 37.4 Å². The first-order valence-electron chi connectivity index (χ1n) is 7.74. The molecule has 25 heavy (non-hydrogen) atoms. The molecule has 0 saturated heterocycles. The van der Waals surface area contributed by atoms with Crippen LogP contribution in [0.3, 0.4) is 0 Å². The minimum atomic E-state index is -1.29. The number of rotatable bonds is 6. The molecule has 2 N–H and O–H groups in total. The summed E-state index contributed by atoms with van der Waals surface area (Å²) in [6.07, 6.45) is 4.93. The molecule has 0 aliphatic heterocycles. The summed E-state index contributed by atoms with van der Waals surface area (Å²) in [6.45, 7) is 1.61. The number of benzene rings is 1. The number of nitrogens with one attached hydrogen (secondary N) is 1. The highest BCUT2D eigenvalue weighted by molar-refractivity contribution is 7.98. The van der Waals surface area contributed by atoms with Crippen LogP contribution in [0.1, 0.15) is 23.2 Å². The smallest absolute Gasteiger partial charge is 0.270 e. The molecule has 0 aliphatic rings. The number of hydrogen-bond acceptors (Lipinski definition) is 5. The molecular weight excluding hydrogens is 338 g/mol. The maximum atomic E-state index is 12.7. The third kappa shape index (κ3) is 3.62. The van der Waals surface area contributed by atoms with E-state index in [2.05, 4.69) is 10.3 Å². The molecule has 0 aliphatic carbocycles. The third-order valence-corrected chi connectivity index (χ3v) is 4.46. The number of aromatic nitrogens is 2. The van der Waals surface area contributed by atoms with Crippen molar-refractivity contribution < 1.29 is 14.3 Å². The fraction of sp³-hybridized carbons (Fsp3) is 0.222. The lowest BCUT2D eigenvalue weighted by molar-refractivity contribution is 0.0329. The molecule has 0 spiro atoms. The van der Waals surface area contributed by atoms with Crippen LogP contribution in [0.5, 0.6) is 0 Å². The van der Waals surface area contributed by atoms with Crippen LogP contribution in [-0.4, -0.2) is 33.4 Å². The van der Waals surface area contributed by atoms with Crippen LogP contribution in [0.25, 0.3) is 5.69 Å². The maximum Gasteiger partial charge on any atom is 0.270 e. The van der Waals surface area contributed by atoms with Gasteiger partial charge in [-0.3, -0.25) is 9.36 Å². The molecule has 1 aromatic carbocycles. The van der Waals surface area contributed by atoms with Crippen molar-refractivity contribution in [2.45, 2.75) is 17.7 Å². The van der Waals surface area contributed by atoms with Gasteiger partial charge in [-0.25, -0.2) is 4.98 Å². The van der Waals surface area contributed by atoms with E-state index in [1.54, 1.807) is 23.6 Å². The van der Waals surface area contributed by atoms with Crippen molar-refractivity contribution in [3.8, 4) is 5.69 Å². The predicted molar refractivity (Wildman–Crippen MR) is 96.0 cm³/mol. The topological polar surface area (TPSA) is 80.3 Å². The van der Waals surface area contributed by atoms with Gasteiger partial charge in [0.15, 0.2) is 5.16 Å². The highest BCUT2D eigenvalue weighted by Gasteiger charge is 2.28. The number of imidazole rings is 1. The third-order valence-electron chi connectivity index (χ3n) is 3.80. The number of amides is 1. The van der Waals surface area contributed by atoms with E-state index in [0.29, 0.717) is 16.6 Å². The summed E-state index contributed by atoms with van der Waals surface area (Å²) in [5.74, 6) is 0.0812. The zero-order valence-corrected chi connectivity index (χ0v) is 14.8. The fourth-order valence-electron chi connectivity index (χ4n) is 2.48. The van der Waals surface area contributed by atoms with Crippen molar-refractivity contribution in [3.05, 3.63) is 66.4 Å². The summed E-state index contributed by atoms with van der Waals surface area (Å²) in [5.41, 5.74) is -0.0304. The summed E-state index contributed by atoms with van der Waals surface area (Å²) < 4.78 is 7.02. The van der Waals surface area contributed by atoms with Crippen LogP contribution in [0.4, 0.5) is 0 Å². The van der Waals surface area contributed by atoms with Gasteiger partial charge in [0.2, 0.25) is 0 Å². The van der Waals surface area contributed by atoms with E-state index in [1.807, 2.05) is 36.6 Å². The fourth-order valence-corrected chi connectivity index (χ4v) is 3.03. The van der Waals surface area contributed by atoms with Gasteiger partial charge in [0.05, 0.1) is 19.0 Å². The van der Waals surface area contributed by atoms with Crippen LogP contribution in [0, 0.1) is 0 Å². The molecule has 0 radical (unpaired) electrons. The minimum absolute atomic E-state index is 0.0217. The number of carbonyl (C=O) groups excluding carboxylic acids is 1. The van der Waals surface area contributed by atoms with Gasteiger partial charge < -0.3 is 14.8 Å². The number of carbonyl (C=O) groups is 1. The van der Waals surface area contributed by atoms with Crippen LogP contribution < -0.4 is 5.32 Å². The molecule has 1 amide bonds. The lowest BCUT2D eigenvalue weighted by Gasteiger charge is -2.21. The molecule has 6 nitrogen and oxygen atoms in total. The van der Waals surface area contributed by atoms with Crippen molar-refractivity contribution in [1.29, 1.82) is 0 Å². The van der Waals surface area contributed by atoms with Crippen LogP contribution >= 0.6 is 11.8 Å². The quantitative estimate of drug-likeness (QED) is 0.663. The van der Waals surface area contributed by atoms with Crippen LogP contribution in [-0.2, 0) is 5.60 Å². The van der Waals surface area contributed by atoms with Gasteiger partial charge in [-0.1, -0.05) is 30.0 Å². The second-order valence-electron chi connectivity index (χ2n) is 5.73. The Morgan fingerprint density at radius 1 is 1.32 bits per heavy atom. The molecule has 3 aromatic rings. The number of furan rings is 1. The van der Waals surface area contributed by atoms with Crippen LogP contribution in [0.2, 0.25) is 0 Å². The summed E-state index contributed by atoms with van der Waals surface area (Å²) in [6, 6.07) is 12.9. The second-order valence-corrected chi connectivity index (χ2v) is 6.51. The molecule has 0 fully saturated rings. The zero-order chi connectivity index (χ0) is 17.9. The highest BCUT2D eigenvalue weighted by atomic mass is 32.2. The average molecular weight is 357 g/mol. The first kappa shape index (κ1) is 17.3. The number of para-hydroxylation sites is 1. The molecule has 0 bridgehead atoms. The van der Waals surface area contributed by atoms with Gasteiger partial charge >= 0.3 is 0 Å². The van der Waals surface area contributed by atoms with E-state index in [9.17, 15) is 9.90 Å². The molecule has 1 atom stereocenters. The summed E-state index contributed by atoms with van der Waals surface area (Å²) in [5, 5.41) is 13.9. The van der Waals surface area contributed by atoms with Crippen molar-refractivity contribution in [2.24, 2.45) is 0 Å². The summed E-state index contributed by atoms with van der Waals surface area (Å²) in [4.78, 5) is 17.0. The van der Waals surface area contributed by atoms with E-state index >= 15 is 0 Å². The normalized spacial score (nSPS) is 13.4. The Hall–Kier alpha value is -2.51. The highest BCUT2D eigenvalue weighted by Crippen LogP contribution is 2.23. The van der Waals surface area contributed by atoms with Crippen molar-refractivity contribution >= 4 is 17.7 Å². The van der Waals surface area contributed by atoms with Gasteiger partial charge in [0, 0.05) is 5.69 Å². The van der Waals surface area contributed by atoms with E-state index in [-0.39, 0.29) is 12.5 Å². The SMILES string of the molecule is CSc1ncc(C(=O)NC[C@](C)(O)c2ccco2)n1-c1ccccc1. The predicted octanol–water partition coefficient (Wildman–Crippen LogP) is 2.82. The Morgan fingerprint density at radius 3 is 2.72 bits per heavy atom. The number of hydrogen-bond donors (Lipinski definition) is 2. The second kappa shape index (κ2) is 7.16. The van der Waals surface area contributed by atoms with Gasteiger partial charge in [-0.2, -0.15) is 0 Å². The van der Waals surface area contributed by atoms with E-state index < -0.39 is 5.60 Å². The summed E-state index contributed by atoms with van der Waals surface area (Å²) >= 11 is 1.46. The van der Waals surface area contributed by atoms with E-state index in [1.165, 1.54) is 24.2 Å². The first-order chi connectivity index (χ1) is 12.0. The Balaban J connectivity index is 1.82. The van der Waals surface area contributed by atoms with E-state index in [4.69, 9.17) is 4.42 Å². The van der Waals surface area contributed by atoms with Gasteiger partial charge in [-0.15, -0.1) is 0 Å². The molecular formula is C18H19N3O3S. The van der Waals surface area contributed by atoms with Crippen LogP contribution in [0.15, 0.2) is 64.5 Å². The number of nitrogens with zero attached hydrogens (tertiary/aromatic N) is 2. The molecule has 3 rings (SSSR count). The minimum Gasteiger partial charge on any atom is -0.466 e. The lowest BCUT2D eigenvalue weighted by atomic mass is 10.0. The zero-order valence-electron chi connectivity index (χ0n) is 14.0. The maximum absolute atomic E-state index is 12.7. The Kier molecular flexibility index (Phi) is 4.96. The summed E-state index contributed by atoms with van der Waals surface area (Å²) in [7, 11) is 0. The lowest BCUT2D eigenvalue weighted by Crippen LogP contribution is -2.39. The Labute approximate surface area is 149 Å². The van der Waals surface area contributed by atoms with Crippen molar-refractivity contribution in [3.63, 3.8) is 0 Å². The van der Waals surface area contributed by atoms with Gasteiger partial charge in [0.1, 0.15) is 17.1 Å². The molecule has 2 heterocycles. The van der Waals surface area contributed by atoms with Gasteiger partial charge in [0.25, 0.3) is 5.91 Å². The Bertz CT molecular complexity index is 842. The molecule has 7 heteroatoms. The molecule has 0 saturated carbocycles. The average Bonchev–Trinajstić information content (AvgIpc) is 3.30. The molecule has 0 unspecified atom stereocenters. The standard InChI is InChI=1S/C18H19N3O3S/c1-18(23,15-9-6-10-24-15)12-20-16(22)14-11-19-17(25-2)21(14)13-7-4-3-5-8-13/h3-11,23H,12H2,1-2H3,(H,20,22)/t18-/m0/s1. The Morgan fingerprint density at radius 2 is 2.08 bits per heavy atom. The molecule has 130 valence electrons. The molecule has 2 aromatic heterocycles.